The second-order valence-corrected chi connectivity index (χ2v) is 12.5. The van der Waals surface area contributed by atoms with Gasteiger partial charge < -0.3 is 14.4 Å². The molecule has 6 heteroatoms. The minimum atomic E-state index is -0.149. The number of fused-ring (bicyclic) bond motifs is 3. The standard InChI is InChI=1S/C36H34N3O2.Pt/c1-35(2,3)23-17-18-37-33(20-23)39-30-13-9-7-11-26(30)27-16-15-25(22-31(27)39)41-34-21-24(36(4,5)6)19-29(38-34)28-12-8-10-14-32(28)40;/h7-21,40H,1-6H3;/q-1;. The van der Waals surface area contributed by atoms with Gasteiger partial charge in [0.15, 0.2) is 0 Å². The molecule has 3 aromatic heterocycles. The van der Waals surface area contributed by atoms with Gasteiger partial charge in [0.25, 0.3) is 0 Å². The van der Waals surface area contributed by atoms with Crippen LogP contribution >= 0.6 is 0 Å². The molecule has 5 nitrogen and oxygen atoms in total. The third kappa shape index (κ3) is 5.58. The van der Waals surface area contributed by atoms with Gasteiger partial charge >= 0.3 is 0 Å². The van der Waals surface area contributed by atoms with Gasteiger partial charge in [0, 0.05) is 50.2 Å². The minimum absolute atomic E-state index is 0. The Morgan fingerprint density at radius 3 is 2.21 bits per heavy atom. The van der Waals surface area contributed by atoms with Crippen molar-refractivity contribution in [2.45, 2.75) is 52.4 Å². The number of rotatable bonds is 4. The summed E-state index contributed by atoms with van der Waals surface area (Å²) >= 11 is 0. The molecule has 0 aliphatic heterocycles. The third-order valence-electron chi connectivity index (χ3n) is 7.46. The average molecular weight is 736 g/mol. The maximum atomic E-state index is 10.5. The Morgan fingerprint density at radius 2 is 1.48 bits per heavy atom. The fraction of sp³-hybridized carbons (Fsp3) is 0.222. The molecule has 0 aliphatic rings. The topological polar surface area (TPSA) is 60.2 Å². The summed E-state index contributed by atoms with van der Waals surface area (Å²) in [6, 6.07) is 31.3. The molecule has 0 unspecified atom stereocenters. The molecule has 0 aliphatic carbocycles. The Labute approximate surface area is 261 Å². The molecule has 0 spiro atoms. The van der Waals surface area contributed by atoms with Crippen LogP contribution in [0.25, 0.3) is 38.9 Å². The SMILES string of the molecule is CC(C)(C)c1cc(Oc2[c-]c3c(cc2)c2ccccc2n3-c2cc(C(C)(C)C)ccn2)nc(-c2ccccc2O)c1.[Pt]. The molecule has 3 aromatic carbocycles. The zero-order valence-electron chi connectivity index (χ0n) is 24.7. The Bertz CT molecular complexity index is 1910. The molecule has 6 rings (SSSR count). The van der Waals surface area contributed by atoms with Crippen molar-refractivity contribution in [3.63, 3.8) is 0 Å². The molecular weight excluding hydrogens is 701 g/mol. The van der Waals surface area contributed by atoms with E-state index in [0.717, 1.165) is 33.2 Å². The van der Waals surface area contributed by atoms with Crippen LogP contribution in [0.4, 0.5) is 0 Å². The number of aromatic hydroxyl groups is 1. The van der Waals surface area contributed by atoms with Gasteiger partial charge in [0.1, 0.15) is 11.6 Å². The van der Waals surface area contributed by atoms with E-state index in [4.69, 9.17) is 14.7 Å². The van der Waals surface area contributed by atoms with E-state index in [1.807, 2.05) is 42.6 Å². The zero-order valence-corrected chi connectivity index (χ0v) is 26.9. The fourth-order valence-corrected chi connectivity index (χ4v) is 5.11. The van der Waals surface area contributed by atoms with E-state index in [2.05, 4.69) is 88.6 Å². The number of benzene rings is 3. The van der Waals surface area contributed by atoms with Crippen molar-refractivity contribution in [3.05, 3.63) is 108 Å². The number of para-hydroxylation sites is 2. The van der Waals surface area contributed by atoms with Crippen LogP contribution in [0.1, 0.15) is 52.7 Å². The number of phenols is 1. The smallest absolute Gasteiger partial charge is 0.217 e. The van der Waals surface area contributed by atoms with Crippen molar-refractivity contribution in [1.82, 2.24) is 14.5 Å². The van der Waals surface area contributed by atoms with E-state index in [0.29, 0.717) is 22.9 Å². The first-order valence-electron chi connectivity index (χ1n) is 13.9. The van der Waals surface area contributed by atoms with Crippen molar-refractivity contribution in [3.8, 4) is 34.5 Å². The first kappa shape index (κ1) is 29.5. The summed E-state index contributed by atoms with van der Waals surface area (Å²) in [5.41, 5.74) is 5.36. The summed E-state index contributed by atoms with van der Waals surface area (Å²) in [5.74, 6) is 2.02. The Morgan fingerprint density at radius 1 is 0.762 bits per heavy atom. The Hall–Kier alpha value is -3.95. The fourth-order valence-electron chi connectivity index (χ4n) is 5.11. The molecule has 6 aromatic rings. The van der Waals surface area contributed by atoms with Crippen molar-refractivity contribution < 1.29 is 30.9 Å². The second-order valence-electron chi connectivity index (χ2n) is 12.5. The minimum Gasteiger partial charge on any atom is -0.507 e. The third-order valence-corrected chi connectivity index (χ3v) is 7.46. The monoisotopic (exact) mass is 735 g/mol. The molecule has 0 fully saturated rings. The summed E-state index contributed by atoms with van der Waals surface area (Å²) in [6.07, 6.45) is 1.87. The van der Waals surface area contributed by atoms with Crippen LogP contribution in [-0.4, -0.2) is 19.6 Å². The maximum absolute atomic E-state index is 10.5. The summed E-state index contributed by atoms with van der Waals surface area (Å²) in [6.45, 7) is 13.1. The van der Waals surface area contributed by atoms with Gasteiger partial charge in [-0.1, -0.05) is 77.4 Å². The van der Waals surface area contributed by atoms with Crippen LogP contribution in [0.3, 0.4) is 0 Å². The number of aromatic nitrogens is 3. The van der Waals surface area contributed by atoms with Gasteiger partial charge in [-0.15, -0.1) is 17.5 Å². The van der Waals surface area contributed by atoms with Gasteiger partial charge in [0.2, 0.25) is 5.88 Å². The Balaban J connectivity index is 0.00000353. The predicted molar refractivity (Wildman–Crippen MR) is 166 cm³/mol. The maximum Gasteiger partial charge on any atom is 0.217 e. The van der Waals surface area contributed by atoms with Crippen LogP contribution in [0.15, 0.2) is 91.1 Å². The molecule has 0 bridgehead atoms. The number of hydrogen-bond acceptors (Lipinski definition) is 4. The normalized spacial score (nSPS) is 12.0. The first-order valence-corrected chi connectivity index (χ1v) is 13.9. The molecule has 0 amide bonds. The van der Waals surface area contributed by atoms with Gasteiger partial charge in [-0.05, 0) is 63.7 Å². The Kier molecular flexibility index (Phi) is 7.76. The van der Waals surface area contributed by atoms with Crippen LogP contribution in [0, 0.1) is 6.07 Å². The molecular formula is C36H34N3O2Pt-. The van der Waals surface area contributed by atoms with E-state index >= 15 is 0 Å². The van der Waals surface area contributed by atoms with Crippen molar-refractivity contribution in [2.75, 3.05) is 0 Å². The molecule has 0 saturated carbocycles. The molecule has 0 radical (unpaired) electrons. The van der Waals surface area contributed by atoms with E-state index in [1.54, 1.807) is 12.1 Å². The first-order chi connectivity index (χ1) is 19.5. The largest absolute Gasteiger partial charge is 0.507 e. The van der Waals surface area contributed by atoms with Crippen LogP contribution < -0.4 is 4.74 Å². The zero-order chi connectivity index (χ0) is 28.9. The van der Waals surface area contributed by atoms with Crippen molar-refractivity contribution >= 4 is 21.8 Å². The van der Waals surface area contributed by atoms with Crippen molar-refractivity contribution in [1.29, 1.82) is 0 Å². The molecule has 3 heterocycles. The summed E-state index contributed by atoms with van der Waals surface area (Å²) in [7, 11) is 0. The molecule has 0 saturated heterocycles. The molecule has 0 atom stereocenters. The molecule has 216 valence electrons. The predicted octanol–water partition coefficient (Wildman–Crippen LogP) is 9.13. The van der Waals surface area contributed by atoms with E-state index < -0.39 is 0 Å². The van der Waals surface area contributed by atoms with E-state index in [-0.39, 0.29) is 37.6 Å². The summed E-state index contributed by atoms with van der Waals surface area (Å²) < 4.78 is 8.56. The van der Waals surface area contributed by atoms with Crippen LogP contribution in [0.2, 0.25) is 0 Å². The average Bonchev–Trinajstić information content (AvgIpc) is 3.26. The van der Waals surface area contributed by atoms with Gasteiger partial charge in [-0.2, -0.15) is 6.07 Å². The molecule has 1 N–H and O–H groups in total. The molecule has 42 heavy (non-hydrogen) atoms. The number of ether oxygens (including phenoxy) is 1. The van der Waals surface area contributed by atoms with Gasteiger partial charge in [-0.25, -0.2) is 9.97 Å². The van der Waals surface area contributed by atoms with Crippen molar-refractivity contribution in [2.24, 2.45) is 0 Å². The quantitative estimate of drug-likeness (QED) is 0.184. The van der Waals surface area contributed by atoms with E-state index in [1.165, 1.54) is 5.56 Å². The number of nitrogens with zero attached hydrogens (tertiary/aromatic N) is 3. The summed E-state index contributed by atoms with van der Waals surface area (Å²) in [5, 5.41) is 12.7. The second kappa shape index (κ2) is 11.0. The summed E-state index contributed by atoms with van der Waals surface area (Å²) in [4.78, 5) is 9.56. The van der Waals surface area contributed by atoms with Gasteiger partial charge in [0.05, 0.1) is 5.69 Å². The van der Waals surface area contributed by atoms with Crippen LogP contribution in [0.5, 0.6) is 17.4 Å². The van der Waals surface area contributed by atoms with Gasteiger partial charge in [-0.3, -0.25) is 0 Å². The number of phenolic OH excluding ortho intramolecular Hbond substituents is 1. The number of pyridine rings is 2. The van der Waals surface area contributed by atoms with E-state index in [9.17, 15) is 5.11 Å². The number of hydrogen-bond donors (Lipinski definition) is 1. The van der Waals surface area contributed by atoms with Crippen LogP contribution in [-0.2, 0) is 31.9 Å².